The first kappa shape index (κ1) is 13.2. The monoisotopic (exact) mass is 265 g/mol. The molecule has 2 N–H and O–H groups in total. The van der Waals surface area contributed by atoms with Crippen molar-refractivity contribution in [1.82, 2.24) is 5.32 Å². The van der Waals surface area contributed by atoms with E-state index in [1.807, 2.05) is 0 Å². The maximum Gasteiger partial charge on any atom is 0.322 e. The molecule has 0 aromatic heterocycles. The molecule has 6 heteroatoms. The van der Waals surface area contributed by atoms with Crippen LogP contribution in [0.15, 0.2) is 18.2 Å². The van der Waals surface area contributed by atoms with Crippen molar-refractivity contribution in [1.29, 1.82) is 0 Å². The van der Waals surface area contributed by atoms with Gasteiger partial charge in [0.05, 0.1) is 19.6 Å². The Balaban J connectivity index is 1.99. The fraction of sp³-hybridized carbons (Fsp3) is 0.385. The summed E-state index contributed by atoms with van der Waals surface area (Å²) in [5.74, 6) is -0.0999. The number of hydrogen-bond acceptors (Lipinski definition) is 4. The Bertz CT molecular complexity index is 486. The van der Waals surface area contributed by atoms with Gasteiger partial charge in [-0.15, -0.1) is 0 Å². The largest absolute Gasteiger partial charge is 0.490 e. The number of carbonyl (C=O) groups excluding carboxylic acids is 1. The molecule has 0 bridgehead atoms. The first-order chi connectivity index (χ1) is 9.15. The van der Waals surface area contributed by atoms with Crippen molar-refractivity contribution < 1.29 is 24.2 Å². The summed E-state index contributed by atoms with van der Waals surface area (Å²) in [6, 6.07) is 5.29. The molecule has 0 fully saturated rings. The predicted octanol–water partition coefficient (Wildman–Crippen LogP) is 0.591. The Morgan fingerprint density at radius 3 is 2.68 bits per heavy atom. The minimum absolute atomic E-state index is 0.115. The fourth-order valence-electron chi connectivity index (χ4n) is 1.74. The van der Waals surface area contributed by atoms with Crippen molar-refractivity contribution in [3.8, 4) is 11.5 Å². The van der Waals surface area contributed by atoms with Crippen LogP contribution in [0.1, 0.15) is 12.0 Å². The third kappa shape index (κ3) is 3.87. The van der Waals surface area contributed by atoms with E-state index in [0.717, 1.165) is 12.0 Å². The number of carboxylic acid groups (broad SMARTS) is 1. The van der Waals surface area contributed by atoms with E-state index in [1.54, 1.807) is 18.2 Å². The molecule has 1 amide bonds. The Hall–Kier alpha value is -2.24. The van der Waals surface area contributed by atoms with E-state index in [9.17, 15) is 9.59 Å². The Morgan fingerprint density at radius 2 is 1.95 bits per heavy atom. The molecule has 0 spiro atoms. The molecule has 0 atom stereocenters. The number of carbonyl (C=O) groups is 2. The minimum Gasteiger partial charge on any atom is -0.490 e. The smallest absolute Gasteiger partial charge is 0.322 e. The molecule has 0 saturated carbocycles. The van der Waals surface area contributed by atoms with Gasteiger partial charge < -0.3 is 19.9 Å². The highest BCUT2D eigenvalue weighted by Crippen LogP contribution is 2.30. The quantitative estimate of drug-likeness (QED) is 0.832. The number of carboxylic acids is 1. The lowest BCUT2D eigenvalue weighted by Crippen LogP contribution is -2.30. The maximum absolute atomic E-state index is 11.5. The van der Waals surface area contributed by atoms with Crippen LogP contribution in [0.2, 0.25) is 0 Å². The molecular formula is C13H15NO5. The lowest BCUT2D eigenvalue weighted by atomic mass is 10.1. The van der Waals surface area contributed by atoms with Gasteiger partial charge in [0.2, 0.25) is 5.91 Å². The molecule has 0 saturated heterocycles. The van der Waals surface area contributed by atoms with E-state index < -0.39 is 5.97 Å². The highest BCUT2D eigenvalue weighted by atomic mass is 16.5. The van der Waals surface area contributed by atoms with Gasteiger partial charge in [-0.25, -0.2) is 0 Å². The molecule has 2 rings (SSSR count). The summed E-state index contributed by atoms with van der Waals surface area (Å²) in [5.41, 5.74) is 0.757. The summed E-state index contributed by atoms with van der Waals surface area (Å²) >= 11 is 0. The molecule has 1 aliphatic rings. The average molecular weight is 265 g/mol. The number of rotatable bonds is 4. The van der Waals surface area contributed by atoms with Crippen molar-refractivity contribution >= 4 is 11.9 Å². The van der Waals surface area contributed by atoms with Crippen LogP contribution in [0.3, 0.4) is 0 Å². The second-order valence-corrected chi connectivity index (χ2v) is 4.18. The molecule has 1 aromatic rings. The number of benzene rings is 1. The van der Waals surface area contributed by atoms with E-state index in [1.165, 1.54) is 0 Å². The second kappa shape index (κ2) is 6.08. The number of amides is 1. The van der Waals surface area contributed by atoms with Crippen molar-refractivity contribution in [2.75, 3.05) is 19.8 Å². The average Bonchev–Trinajstić information content (AvgIpc) is 2.61. The third-order valence-corrected chi connectivity index (χ3v) is 2.61. The molecular weight excluding hydrogens is 250 g/mol. The second-order valence-electron chi connectivity index (χ2n) is 4.18. The molecule has 6 nitrogen and oxygen atoms in total. The van der Waals surface area contributed by atoms with Gasteiger partial charge in [0, 0.05) is 6.42 Å². The highest BCUT2D eigenvalue weighted by Gasteiger charge is 2.12. The number of nitrogens with one attached hydrogen (secondary N) is 1. The van der Waals surface area contributed by atoms with E-state index >= 15 is 0 Å². The Labute approximate surface area is 110 Å². The lowest BCUT2D eigenvalue weighted by Gasteiger charge is -2.09. The van der Waals surface area contributed by atoms with Crippen LogP contribution in [-0.4, -0.2) is 36.7 Å². The zero-order valence-electron chi connectivity index (χ0n) is 10.3. The lowest BCUT2D eigenvalue weighted by molar-refractivity contribution is -0.137. The van der Waals surface area contributed by atoms with Crippen molar-refractivity contribution in [3.05, 3.63) is 23.8 Å². The van der Waals surface area contributed by atoms with E-state index in [2.05, 4.69) is 5.32 Å². The van der Waals surface area contributed by atoms with Crippen molar-refractivity contribution in [2.24, 2.45) is 0 Å². The number of hydrogen-bond donors (Lipinski definition) is 2. The van der Waals surface area contributed by atoms with Crippen LogP contribution in [-0.2, 0) is 16.0 Å². The van der Waals surface area contributed by atoms with Crippen LogP contribution in [0.5, 0.6) is 11.5 Å². The zero-order chi connectivity index (χ0) is 13.7. The molecule has 1 aliphatic heterocycles. The molecule has 0 unspecified atom stereocenters. The highest BCUT2D eigenvalue weighted by molar-refractivity contribution is 5.82. The van der Waals surface area contributed by atoms with Crippen LogP contribution in [0, 0.1) is 0 Å². The predicted molar refractivity (Wildman–Crippen MR) is 66.4 cm³/mol. The van der Waals surface area contributed by atoms with Gasteiger partial charge in [0.15, 0.2) is 11.5 Å². The molecule has 19 heavy (non-hydrogen) atoms. The van der Waals surface area contributed by atoms with Gasteiger partial charge in [0.1, 0.15) is 6.54 Å². The van der Waals surface area contributed by atoms with Gasteiger partial charge in [0.25, 0.3) is 0 Å². The molecule has 102 valence electrons. The van der Waals surface area contributed by atoms with Gasteiger partial charge in [-0.1, -0.05) is 6.07 Å². The van der Waals surface area contributed by atoms with Crippen molar-refractivity contribution in [2.45, 2.75) is 12.8 Å². The summed E-state index contributed by atoms with van der Waals surface area (Å²) < 4.78 is 11.0. The van der Waals surface area contributed by atoms with Crippen LogP contribution in [0.25, 0.3) is 0 Å². The van der Waals surface area contributed by atoms with Crippen LogP contribution >= 0.6 is 0 Å². The van der Waals surface area contributed by atoms with E-state index in [0.29, 0.717) is 24.7 Å². The summed E-state index contributed by atoms with van der Waals surface area (Å²) in [6.45, 7) is 0.830. The third-order valence-electron chi connectivity index (χ3n) is 2.61. The topological polar surface area (TPSA) is 84.9 Å². The molecule has 1 heterocycles. The van der Waals surface area contributed by atoms with E-state index in [-0.39, 0.29) is 18.9 Å². The Kier molecular flexibility index (Phi) is 4.22. The SMILES string of the molecule is O=C(O)CNC(=O)Cc1ccc2c(c1)OCCCO2. The van der Waals surface area contributed by atoms with E-state index in [4.69, 9.17) is 14.6 Å². The van der Waals surface area contributed by atoms with Crippen LogP contribution in [0.4, 0.5) is 0 Å². The number of ether oxygens (including phenoxy) is 2. The molecule has 0 radical (unpaired) electrons. The maximum atomic E-state index is 11.5. The number of aliphatic carboxylic acids is 1. The zero-order valence-corrected chi connectivity index (χ0v) is 10.3. The minimum atomic E-state index is -1.06. The summed E-state index contributed by atoms with van der Waals surface area (Å²) in [5, 5.41) is 10.8. The van der Waals surface area contributed by atoms with Gasteiger partial charge in [-0.2, -0.15) is 0 Å². The summed E-state index contributed by atoms with van der Waals surface area (Å²) in [6.07, 6.45) is 0.938. The number of fused-ring (bicyclic) bond motifs is 1. The molecule has 0 aliphatic carbocycles. The Morgan fingerprint density at radius 1 is 1.21 bits per heavy atom. The van der Waals surface area contributed by atoms with Gasteiger partial charge >= 0.3 is 5.97 Å². The fourth-order valence-corrected chi connectivity index (χ4v) is 1.74. The first-order valence-corrected chi connectivity index (χ1v) is 6.02. The standard InChI is InChI=1S/C13H15NO5/c15-12(14-8-13(16)17)7-9-2-3-10-11(6-9)19-5-1-4-18-10/h2-3,6H,1,4-5,7-8H2,(H,14,15)(H,16,17). The molecule has 1 aromatic carbocycles. The summed E-state index contributed by atoms with van der Waals surface area (Å²) in [4.78, 5) is 21.8. The van der Waals surface area contributed by atoms with Crippen LogP contribution < -0.4 is 14.8 Å². The van der Waals surface area contributed by atoms with Gasteiger partial charge in [-0.3, -0.25) is 9.59 Å². The first-order valence-electron chi connectivity index (χ1n) is 6.02. The van der Waals surface area contributed by atoms with Gasteiger partial charge in [-0.05, 0) is 17.7 Å². The van der Waals surface area contributed by atoms with Crippen molar-refractivity contribution in [3.63, 3.8) is 0 Å². The summed E-state index contributed by atoms with van der Waals surface area (Å²) in [7, 11) is 0. The normalized spacial score (nSPS) is 13.5.